The molecular formula is C55H87NO15. The van der Waals surface area contributed by atoms with E-state index < -0.39 is 77.8 Å². The van der Waals surface area contributed by atoms with Gasteiger partial charge in [0.1, 0.15) is 30.1 Å². The van der Waals surface area contributed by atoms with Gasteiger partial charge in [-0.25, -0.2) is 4.79 Å². The van der Waals surface area contributed by atoms with Crippen LogP contribution in [0.15, 0.2) is 47.6 Å². The van der Waals surface area contributed by atoms with Crippen LogP contribution in [-0.2, 0) is 57.1 Å². The number of allylic oxidation sites excluding steroid dienone is 6. The number of aliphatic hydroxyl groups excluding tert-OH is 2. The van der Waals surface area contributed by atoms with Crippen molar-refractivity contribution < 1.29 is 72.5 Å². The molecule has 3 heterocycles. The van der Waals surface area contributed by atoms with Gasteiger partial charge in [-0.3, -0.25) is 19.2 Å². The topological polar surface area (TPSA) is 214 Å². The van der Waals surface area contributed by atoms with Gasteiger partial charge in [0.25, 0.3) is 11.7 Å². The van der Waals surface area contributed by atoms with Crippen LogP contribution >= 0.6 is 0 Å². The van der Waals surface area contributed by atoms with Crippen molar-refractivity contribution in [3.63, 3.8) is 0 Å². The number of aliphatic hydroxyl groups is 3. The maximum absolute atomic E-state index is 14.5. The second-order valence-corrected chi connectivity index (χ2v) is 20.8. The molecular weight excluding hydrogens is 915 g/mol. The minimum atomic E-state index is -2.46. The van der Waals surface area contributed by atoms with Gasteiger partial charge in [-0.15, -0.1) is 0 Å². The molecule has 3 aliphatic heterocycles. The van der Waals surface area contributed by atoms with Crippen LogP contribution in [-0.4, -0.2) is 158 Å². The minimum absolute atomic E-state index is 0.000431. The van der Waals surface area contributed by atoms with Crippen LogP contribution in [0.2, 0.25) is 0 Å². The molecule has 1 aliphatic carbocycles. The van der Waals surface area contributed by atoms with Gasteiger partial charge in [0.15, 0.2) is 5.78 Å². The third-order valence-corrected chi connectivity index (χ3v) is 15.2. The molecule has 4 rings (SSSR count). The first-order chi connectivity index (χ1) is 33.8. The van der Waals surface area contributed by atoms with Gasteiger partial charge in [0.05, 0.1) is 50.8 Å². The first-order valence-electron chi connectivity index (χ1n) is 26.1. The third-order valence-electron chi connectivity index (χ3n) is 15.2. The monoisotopic (exact) mass is 1000 g/mol. The number of fused-ring (bicyclic) bond motifs is 3. The van der Waals surface area contributed by atoms with Gasteiger partial charge >= 0.3 is 5.97 Å². The molecule has 3 fully saturated rings. The zero-order valence-corrected chi connectivity index (χ0v) is 44.3. The van der Waals surface area contributed by atoms with Gasteiger partial charge < -0.3 is 53.4 Å². The highest BCUT2D eigenvalue weighted by Gasteiger charge is 2.53. The molecule has 15 atom stereocenters. The molecule has 1 amide bonds. The molecule has 0 spiro atoms. The fourth-order valence-electron chi connectivity index (χ4n) is 10.7. The molecule has 3 N–H and O–H groups in total. The van der Waals surface area contributed by atoms with Gasteiger partial charge in [-0.1, -0.05) is 71.1 Å². The van der Waals surface area contributed by atoms with Crippen LogP contribution in [0.3, 0.4) is 0 Å². The average Bonchev–Trinajstić information content (AvgIpc) is 3.35. The molecule has 71 heavy (non-hydrogen) atoms. The fraction of sp³-hybridized carbons (Fsp3) is 0.764. The molecule has 4 aliphatic rings. The summed E-state index contributed by atoms with van der Waals surface area (Å²) in [6.07, 6.45) is 11.7. The number of ketones is 3. The van der Waals surface area contributed by atoms with Crippen molar-refractivity contribution in [2.75, 3.05) is 54.3 Å². The number of cyclic esters (lactones) is 1. The summed E-state index contributed by atoms with van der Waals surface area (Å²) in [6, 6.07) is -1.16. The second kappa shape index (κ2) is 29.4. The number of hydrogen-bond acceptors (Lipinski definition) is 15. The van der Waals surface area contributed by atoms with Gasteiger partial charge in [-0.2, -0.15) is 0 Å². The van der Waals surface area contributed by atoms with Gasteiger partial charge in [-0.05, 0) is 107 Å². The van der Waals surface area contributed by atoms with E-state index in [1.807, 2.05) is 58.1 Å². The van der Waals surface area contributed by atoms with E-state index in [4.69, 9.17) is 33.2 Å². The summed E-state index contributed by atoms with van der Waals surface area (Å²) in [5.41, 5.74) is 1.24. The van der Waals surface area contributed by atoms with E-state index in [0.29, 0.717) is 63.5 Å². The number of Topliss-reactive ketones (excluding diaryl/α,β-unsaturated/α-hetero) is 3. The normalized spacial score (nSPS) is 38.0. The average molecular weight is 1000 g/mol. The third kappa shape index (κ3) is 17.0. The predicted octanol–water partition coefficient (Wildman–Crippen LogP) is 6.21. The number of piperidine rings is 1. The van der Waals surface area contributed by atoms with Crippen molar-refractivity contribution in [1.29, 1.82) is 0 Å². The predicted molar refractivity (Wildman–Crippen MR) is 267 cm³/mol. The number of esters is 1. The van der Waals surface area contributed by atoms with Gasteiger partial charge in [0, 0.05) is 58.5 Å². The Morgan fingerprint density at radius 1 is 0.831 bits per heavy atom. The number of amides is 1. The van der Waals surface area contributed by atoms with E-state index in [-0.39, 0.29) is 87.2 Å². The Labute approximate surface area is 422 Å². The fourth-order valence-corrected chi connectivity index (χ4v) is 10.7. The number of nitrogens with zero attached hydrogens (tertiary/aromatic N) is 1. The molecule has 16 heteroatoms. The summed E-state index contributed by atoms with van der Waals surface area (Å²) < 4.78 is 41.3. The lowest BCUT2D eigenvalue weighted by Gasteiger charge is -2.43. The van der Waals surface area contributed by atoms with Crippen LogP contribution in [0.4, 0.5) is 0 Å². The molecule has 1 saturated carbocycles. The molecule has 402 valence electrons. The number of carbonyl (C=O) groups is 5. The number of ether oxygens (including phenoxy) is 7. The van der Waals surface area contributed by atoms with Crippen molar-refractivity contribution in [3.05, 3.63) is 47.6 Å². The summed E-state index contributed by atoms with van der Waals surface area (Å²) in [5.74, 6) is -8.10. The highest BCUT2D eigenvalue weighted by molar-refractivity contribution is 6.39. The Morgan fingerprint density at radius 2 is 1.58 bits per heavy atom. The van der Waals surface area contributed by atoms with E-state index in [0.717, 1.165) is 12.0 Å². The first-order valence-corrected chi connectivity index (χ1v) is 26.1. The van der Waals surface area contributed by atoms with E-state index in [9.17, 15) is 39.3 Å². The molecule has 2 unspecified atom stereocenters. The molecule has 16 nitrogen and oxygen atoms in total. The Balaban J connectivity index is 1.71. The number of carbonyl (C=O) groups excluding carboxylic acids is 5. The summed E-state index contributed by atoms with van der Waals surface area (Å²) >= 11 is 0. The van der Waals surface area contributed by atoms with E-state index in [1.54, 1.807) is 41.1 Å². The van der Waals surface area contributed by atoms with Crippen molar-refractivity contribution in [2.45, 2.75) is 180 Å². The van der Waals surface area contributed by atoms with Crippen LogP contribution in [0.5, 0.6) is 0 Å². The Morgan fingerprint density at radius 3 is 2.27 bits per heavy atom. The molecule has 0 radical (unpaired) electrons. The summed E-state index contributed by atoms with van der Waals surface area (Å²) in [4.78, 5) is 72.5. The van der Waals surface area contributed by atoms with Crippen molar-refractivity contribution >= 4 is 29.2 Å². The van der Waals surface area contributed by atoms with Crippen LogP contribution in [0.1, 0.15) is 126 Å². The SMILES string of the molecule is COCCO[C@H]1C[C@@H]2CC[C@@H](C)[C@@](O)(O2)C(=O)C(=O)N2CCCC[C@H]2C(=O)OC([C@H](C)CC2CC[C@@H](OCCO)[C@H](OC)C2)CC(=O)[C@H](C)/C=C(\C)[C@@H](O)[C@@H](OC)C(=O)[C@H](C)C[C@H](C)/C=C/C=C/C=C/1C. The van der Waals surface area contributed by atoms with Crippen LogP contribution in [0.25, 0.3) is 0 Å². The molecule has 0 aromatic rings. The van der Waals surface area contributed by atoms with E-state index in [1.165, 1.54) is 12.0 Å². The van der Waals surface area contributed by atoms with E-state index in [2.05, 4.69) is 0 Å². The lowest BCUT2D eigenvalue weighted by atomic mass is 9.78. The maximum atomic E-state index is 14.5. The molecule has 2 bridgehead atoms. The number of hydrogen-bond donors (Lipinski definition) is 3. The quantitative estimate of drug-likeness (QED) is 0.0858. The Kier molecular flexibility index (Phi) is 24.9. The molecule has 0 aromatic carbocycles. The lowest BCUT2D eigenvalue weighted by Crippen LogP contribution is -2.61. The Bertz CT molecular complexity index is 1860. The van der Waals surface area contributed by atoms with Crippen LogP contribution < -0.4 is 0 Å². The van der Waals surface area contributed by atoms with Crippen LogP contribution in [0, 0.1) is 35.5 Å². The second-order valence-electron chi connectivity index (χ2n) is 20.8. The number of rotatable bonds is 12. The van der Waals surface area contributed by atoms with Crippen molar-refractivity contribution in [1.82, 2.24) is 4.90 Å². The smallest absolute Gasteiger partial charge is 0.329 e. The summed E-state index contributed by atoms with van der Waals surface area (Å²) in [7, 11) is 4.58. The van der Waals surface area contributed by atoms with Crippen molar-refractivity contribution in [2.24, 2.45) is 35.5 Å². The molecule has 0 aromatic heterocycles. The van der Waals surface area contributed by atoms with Crippen molar-refractivity contribution in [3.8, 4) is 0 Å². The largest absolute Gasteiger partial charge is 0.460 e. The number of methoxy groups -OCH3 is 3. The standard InChI is InChI=1S/C55H87NO15/c1-34-16-12-11-13-17-35(2)46(69-27-26-65-8)32-42-21-19-40(7)55(64,71-42)52(61)53(62)56-23-15-14-18-43(56)54(63)70-47(37(4)30-41-20-22-45(68-25-24-57)48(31-41)66-9)33-44(58)36(3)29-39(6)50(60)51(67-10)49(59)38(5)28-34/h11-13,16-17,29,34,36-38,40-43,45-48,50-51,57,60,64H,14-15,18-28,30-33H2,1-10H3/b13-11+,16-12+,35-17+,39-29+/t34-,36-,37-,38-,40-,41?,42+,43+,45-,46+,47?,48-,50-,51+,55-/m1/s1. The lowest BCUT2D eigenvalue weighted by molar-refractivity contribution is -0.266. The van der Waals surface area contributed by atoms with Gasteiger partial charge in [0.2, 0.25) is 5.79 Å². The first kappa shape index (κ1) is 60.1. The highest BCUT2D eigenvalue weighted by atomic mass is 16.6. The summed E-state index contributed by atoms with van der Waals surface area (Å²) in [6.45, 7) is 13.5. The zero-order chi connectivity index (χ0) is 52.4. The van der Waals surface area contributed by atoms with E-state index >= 15 is 0 Å². The zero-order valence-electron chi connectivity index (χ0n) is 44.3. The Hall–Kier alpha value is -3.45. The summed E-state index contributed by atoms with van der Waals surface area (Å²) in [5, 5.41) is 33.0. The molecule has 2 saturated heterocycles. The minimum Gasteiger partial charge on any atom is -0.460 e. The maximum Gasteiger partial charge on any atom is 0.329 e. The highest BCUT2D eigenvalue weighted by Crippen LogP contribution is 2.38.